The summed E-state index contributed by atoms with van der Waals surface area (Å²) in [6, 6.07) is 0. The minimum absolute atomic E-state index is 0.313. The molecule has 0 saturated carbocycles. The molecular weight excluding hydrogens is 220 g/mol. The minimum Gasteiger partial charge on any atom is -0.462 e. The van der Waals surface area contributed by atoms with E-state index < -0.39 is 6.10 Å². The van der Waals surface area contributed by atoms with E-state index in [4.69, 9.17) is 15.9 Å². The normalized spacial score (nSPS) is 23.9. The van der Waals surface area contributed by atoms with Gasteiger partial charge < -0.3 is 9.47 Å². The van der Waals surface area contributed by atoms with Crippen molar-refractivity contribution < 1.29 is 19.1 Å². The standard InChI is InChI=1S/C13H16O4/c1-5-11-6-12(16-9(3)14)7-13(8(11)2)17-10(4)15/h1,12-13H,6-7H2,2-4H3/t12-,13+/m0/s1. The van der Waals surface area contributed by atoms with Crippen LogP contribution in [0.2, 0.25) is 0 Å². The van der Waals surface area contributed by atoms with Gasteiger partial charge in [0.2, 0.25) is 0 Å². The summed E-state index contributed by atoms with van der Waals surface area (Å²) < 4.78 is 10.3. The van der Waals surface area contributed by atoms with Crippen molar-refractivity contribution in [3.8, 4) is 12.3 Å². The molecule has 0 heterocycles. The lowest BCUT2D eigenvalue weighted by molar-refractivity contribution is -0.151. The molecular formula is C13H16O4. The molecule has 0 unspecified atom stereocenters. The Morgan fingerprint density at radius 3 is 2.35 bits per heavy atom. The van der Waals surface area contributed by atoms with E-state index in [0.717, 1.165) is 11.1 Å². The lowest BCUT2D eigenvalue weighted by Crippen LogP contribution is -2.32. The van der Waals surface area contributed by atoms with Gasteiger partial charge in [0.05, 0.1) is 0 Å². The number of hydrogen-bond donors (Lipinski definition) is 0. The first-order chi connectivity index (χ1) is 7.93. The van der Waals surface area contributed by atoms with Crippen molar-refractivity contribution in [1.82, 2.24) is 0 Å². The van der Waals surface area contributed by atoms with Gasteiger partial charge in [0, 0.05) is 32.3 Å². The highest BCUT2D eigenvalue weighted by Gasteiger charge is 2.30. The van der Waals surface area contributed by atoms with Crippen molar-refractivity contribution in [3.05, 3.63) is 11.1 Å². The molecule has 0 saturated heterocycles. The molecule has 4 heteroatoms. The molecule has 2 atom stereocenters. The van der Waals surface area contributed by atoms with Gasteiger partial charge in [0.15, 0.2) is 0 Å². The third-order valence-electron chi connectivity index (χ3n) is 2.68. The molecule has 17 heavy (non-hydrogen) atoms. The van der Waals surface area contributed by atoms with Crippen molar-refractivity contribution in [2.75, 3.05) is 0 Å². The first-order valence-electron chi connectivity index (χ1n) is 5.44. The molecule has 0 aliphatic heterocycles. The number of carbonyl (C=O) groups excluding carboxylic acids is 2. The van der Waals surface area contributed by atoms with Gasteiger partial charge in [0.1, 0.15) is 12.2 Å². The Hall–Kier alpha value is -1.76. The summed E-state index contributed by atoms with van der Waals surface area (Å²) in [4.78, 5) is 21.9. The van der Waals surface area contributed by atoms with Crippen molar-refractivity contribution >= 4 is 11.9 Å². The third-order valence-corrected chi connectivity index (χ3v) is 2.68. The third kappa shape index (κ3) is 3.63. The second-order valence-corrected chi connectivity index (χ2v) is 4.08. The predicted octanol–water partition coefficient (Wildman–Crippen LogP) is 1.59. The number of terminal acetylenes is 1. The summed E-state index contributed by atoms with van der Waals surface area (Å²) in [7, 11) is 0. The number of esters is 2. The van der Waals surface area contributed by atoms with Gasteiger partial charge in [-0.05, 0) is 12.5 Å². The van der Waals surface area contributed by atoms with Crippen molar-refractivity contribution in [2.45, 2.75) is 45.8 Å². The van der Waals surface area contributed by atoms with Crippen LogP contribution in [0.1, 0.15) is 33.6 Å². The quantitative estimate of drug-likeness (QED) is 0.539. The Kier molecular flexibility index (Phi) is 4.33. The Morgan fingerprint density at radius 2 is 1.88 bits per heavy atom. The topological polar surface area (TPSA) is 52.6 Å². The molecule has 0 radical (unpaired) electrons. The highest BCUT2D eigenvalue weighted by atomic mass is 16.6. The lowest BCUT2D eigenvalue weighted by Gasteiger charge is -2.29. The summed E-state index contributed by atoms with van der Waals surface area (Å²) >= 11 is 0. The zero-order valence-electron chi connectivity index (χ0n) is 10.3. The van der Waals surface area contributed by atoms with Crippen molar-refractivity contribution in [2.24, 2.45) is 0 Å². The maximum Gasteiger partial charge on any atom is 0.303 e. The molecule has 0 aromatic carbocycles. The first kappa shape index (κ1) is 13.3. The van der Waals surface area contributed by atoms with Crippen molar-refractivity contribution in [1.29, 1.82) is 0 Å². The maximum absolute atomic E-state index is 11.0. The number of hydrogen-bond acceptors (Lipinski definition) is 4. The van der Waals surface area contributed by atoms with Crippen LogP contribution >= 0.6 is 0 Å². The number of ether oxygens (including phenoxy) is 2. The zero-order chi connectivity index (χ0) is 13.0. The molecule has 0 aromatic heterocycles. The molecule has 0 fully saturated rings. The monoisotopic (exact) mass is 236 g/mol. The number of carbonyl (C=O) groups is 2. The summed E-state index contributed by atoms with van der Waals surface area (Å²) in [5.74, 6) is 1.84. The first-order valence-corrected chi connectivity index (χ1v) is 5.44. The van der Waals surface area contributed by atoms with Crippen LogP contribution in [0.25, 0.3) is 0 Å². The van der Waals surface area contributed by atoms with E-state index in [1.165, 1.54) is 13.8 Å². The van der Waals surface area contributed by atoms with E-state index in [1.54, 1.807) is 0 Å². The largest absolute Gasteiger partial charge is 0.462 e. The van der Waals surface area contributed by atoms with E-state index in [2.05, 4.69) is 5.92 Å². The van der Waals surface area contributed by atoms with Crippen LogP contribution in [0.5, 0.6) is 0 Å². The summed E-state index contributed by atoms with van der Waals surface area (Å²) in [5, 5.41) is 0. The molecule has 1 rings (SSSR count). The Balaban J connectivity index is 2.86. The van der Waals surface area contributed by atoms with Gasteiger partial charge in [-0.3, -0.25) is 9.59 Å². The van der Waals surface area contributed by atoms with Crippen LogP contribution < -0.4 is 0 Å². The molecule has 4 nitrogen and oxygen atoms in total. The van der Waals surface area contributed by atoms with Crippen LogP contribution in [0.4, 0.5) is 0 Å². The Morgan fingerprint density at radius 1 is 1.29 bits per heavy atom. The second-order valence-electron chi connectivity index (χ2n) is 4.08. The van der Waals surface area contributed by atoms with Gasteiger partial charge in [-0.2, -0.15) is 0 Å². The summed E-state index contributed by atoms with van der Waals surface area (Å²) in [5.41, 5.74) is 1.61. The molecule has 0 aromatic rings. The maximum atomic E-state index is 11.0. The van der Waals surface area contributed by atoms with E-state index in [1.807, 2.05) is 6.92 Å². The average molecular weight is 236 g/mol. The highest BCUT2D eigenvalue weighted by Crippen LogP contribution is 2.29. The fourth-order valence-electron chi connectivity index (χ4n) is 1.92. The average Bonchev–Trinajstić information content (AvgIpc) is 2.21. The fraction of sp³-hybridized carbons (Fsp3) is 0.538. The van der Waals surface area contributed by atoms with Gasteiger partial charge in [-0.15, -0.1) is 6.42 Å². The molecule has 1 aliphatic carbocycles. The molecule has 0 bridgehead atoms. The SMILES string of the molecule is C#CC1=C(C)[C@H](OC(C)=O)C[C@@H](OC(C)=O)C1. The lowest BCUT2D eigenvalue weighted by atomic mass is 9.88. The van der Waals surface area contributed by atoms with Crippen LogP contribution in [0.15, 0.2) is 11.1 Å². The van der Waals surface area contributed by atoms with Crippen LogP contribution in [0.3, 0.4) is 0 Å². The van der Waals surface area contributed by atoms with Crippen LogP contribution in [-0.2, 0) is 19.1 Å². The van der Waals surface area contributed by atoms with Gasteiger partial charge in [0.25, 0.3) is 0 Å². The second kappa shape index (κ2) is 5.53. The Labute approximate surface area is 101 Å². The van der Waals surface area contributed by atoms with E-state index >= 15 is 0 Å². The van der Waals surface area contributed by atoms with Crippen LogP contribution in [-0.4, -0.2) is 24.1 Å². The minimum atomic E-state index is -0.392. The van der Waals surface area contributed by atoms with E-state index in [9.17, 15) is 9.59 Å². The van der Waals surface area contributed by atoms with Crippen LogP contribution in [0, 0.1) is 12.3 Å². The van der Waals surface area contributed by atoms with Gasteiger partial charge in [-0.25, -0.2) is 0 Å². The molecule has 0 N–H and O–H groups in total. The van der Waals surface area contributed by atoms with Crippen molar-refractivity contribution in [3.63, 3.8) is 0 Å². The van der Waals surface area contributed by atoms with E-state index in [-0.39, 0.29) is 18.0 Å². The van der Waals surface area contributed by atoms with Gasteiger partial charge >= 0.3 is 11.9 Å². The molecule has 0 spiro atoms. The van der Waals surface area contributed by atoms with E-state index in [0.29, 0.717) is 12.8 Å². The van der Waals surface area contributed by atoms with Gasteiger partial charge in [-0.1, -0.05) is 5.92 Å². The molecule has 1 aliphatic rings. The molecule has 92 valence electrons. The highest BCUT2D eigenvalue weighted by molar-refractivity contribution is 5.67. The number of rotatable bonds is 2. The fourth-order valence-corrected chi connectivity index (χ4v) is 1.92. The summed E-state index contributed by atoms with van der Waals surface area (Å²) in [6.07, 6.45) is 5.67. The zero-order valence-corrected chi connectivity index (χ0v) is 10.3. The summed E-state index contributed by atoms with van der Waals surface area (Å²) in [6.45, 7) is 4.53. The Bertz CT molecular complexity index is 400. The molecule has 0 amide bonds. The smallest absolute Gasteiger partial charge is 0.303 e. The predicted molar refractivity (Wildman–Crippen MR) is 61.9 cm³/mol.